The van der Waals surface area contributed by atoms with E-state index in [0.717, 1.165) is 5.56 Å². The SMILES string of the molecule is Cl.NC[C@@H](N)c1ccc(OCc2ccccc2)cc1O. The molecule has 0 radical (unpaired) electrons. The minimum absolute atomic E-state index is 0. The second-order valence-electron chi connectivity index (χ2n) is 4.34. The highest BCUT2D eigenvalue weighted by molar-refractivity contribution is 5.85. The van der Waals surface area contributed by atoms with E-state index in [-0.39, 0.29) is 30.7 Å². The van der Waals surface area contributed by atoms with Crippen LogP contribution in [0.15, 0.2) is 48.5 Å². The Balaban J connectivity index is 0.00000200. The van der Waals surface area contributed by atoms with E-state index in [9.17, 15) is 5.11 Å². The zero-order valence-corrected chi connectivity index (χ0v) is 11.8. The minimum atomic E-state index is -0.358. The maximum atomic E-state index is 9.87. The molecular formula is C15H19ClN2O2. The molecule has 2 aromatic rings. The van der Waals surface area contributed by atoms with Crippen molar-refractivity contribution >= 4 is 12.4 Å². The molecule has 4 nitrogen and oxygen atoms in total. The summed E-state index contributed by atoms with van der Waals surface area (Å²) in [6.07, 6.45) is 0. The van der Waals surface area contributed by atoms with Crippen molar-refractivity contribution in [2.75, 3.05) is 6.54 Å². The fraction of sp³-hybridized carbons (Fsp3) is 0.200. The zero-order valence-electron chi connectivity index (χ0n) is 11.0. The van der Waals surface area contributed by atoms with Gasteiger partial charge in [0.05, 0.1) is 0 Å². The first-order valence-corrected chi connectivity index (χ1v) is 6.16. The lowest BCUT2D eigenvalue weighted by molar-refractivity contribution is 0.304. The van der Waals surface area contributed by atoms with Gasteiger partial charge in [-0.15, -0.1) is 12.4 Å². The molecule has 0 aliphatic carbocycles. The van der Waals surface area contributed by atoms with Gasteiger partial charge in [0.15, 0.2) is 0 Å². The number of phenols is 1. The molecule has 0 aromatic heterocycles. The van der Waals surface area contributed by atoms with Crippen LogP contribution >= 0.6 is 12.4 Å². The predicted molar refractivity (Wildman–Crippen MR) is 82.1 cm³/mol. The monoisotopic (exact) mass is 294 g/mol. The lowest BCUT2D eigenvalue weighted by Gasteiger charge is -2.13. The highest BCUT2D eigenvalue weighted by Gasteiger charge is 2.10. The molecule has 0 heterocycles. The van der Waals surface area contributed by atoms with Crippen molar-refractivity contribution in [1.29, 1.82) is 0 Å². The molecule has 108 valence electrons. The number of nitrogens with two attached hydrogens (primary N) is 2. The Bertz CT molecular complexity index is 535. The summed E-state index contributed by atoms with van der Waals surface area (Å²) in [6, 6.07) is 14.6. The third-order valence-electron chi connectivity index (χ3n) is 2.90. The molecular weight excluding hydrogens is 276 g/mol. The van der Waals surface area contributed by atoms with Gasteiger partial charge in [-0.25, -0.2) is 0 Å². The molecule has 20 heavy (non-hydrogen) atoms. The minimum Gasteiger partial charge on any atom is -0.507 e. The van der Waals surface area contributed by atoms with Crippen LogP contribution in [0.5, 0.6) is 11.5 Å². The van der Waals surface area contributed by atoms with Gasteiger partial charge < -0.3 is 21.3 Å². The largest absolute Gasteiger partial charge is 0.507 e. The number of benzene rings is 2. The van der Waals surface area contributed by atoms with E-state index in [0.29, 0.717) is 17.9 Å². The molecule has 1 atom stereocenters. The van der Waals surface area contributed by atoms with Crippen molar-refractivity contribution in [3.63, 3.8) is 0 Å². The van der Waals surface area contributed by atoms with Crippen LogP contribution in [-0.4, -0.2) is 11.7 Å². The summed E-state index contributed by atoms with van der Waals surface area (Å²) < 4.78 is 5.61. The van der Waals surface area contributed by atoms with Crippen molar-refractivity contribution in [3.05, 3.63) is 59.7 Å². The summed E-state index contributed by atoms with van der Waals surface area (Å²) in [5.74, 6) is 0.720. The Hall–Kier alpha value is -1.75. The molecule has 0 aliphatic rings. The van der Waals surface area contributed by atoms with Crippen molar-refractivity contribution < 1.29 is 9.84 Å². The molecule has 0 fully saturated rings. The molecule has 2 rings (SSSR count). The van der Waals surface area contributed by atoms with Gasteiger partial charge in [-0.3, -0.25) is 0 Å². The molecule has 0 saturated heterocycles. The van der Waals surface area contributed by atoms with Gasteiger partial charge in [0, 0.05) is 24.2 Å². The van der Waals surface area contributed by atoms with Crippen LogP contribution in [0.25, 0.3) is 0 Å². The number of rotatable bonds is 5. The third kappa shape index (κ3) is 4.13. The van der Waals surface area contributed by atoms with Gasteiger partial charge in [-0.1, -0.05) is 36.4 Å². The van der Waals surface area contributed by atoms with Crippen LogP contribution in [0.4, 0.5) is 0 Å². The van der Waals surface area contributed by atoms with E-state index in [1.165, 1.54) is 0 Å². The van der Waals surface area contributed by atoms with Gasteiger partial charge in [0.2, 0.25) is 0 Å². The maximum Gasteiger partial charge on any atom is 0.124 e. The van der Waals surface area contributed by atoms with E-state index in [2.05, 4.69) is 0 Å². The second-order valence-corrected chi connectivity index (χ2v) is 4.34. The van der Waals surface area contributed by atoms with Crippen LogP contribution in [0, 0.1) is 0 Å². The Morgan fingerprint density at radius 3 is 2.40 bits per heavy atom. The van der Waals surface area contributed by atoms with Gasteiger partial charge in [-0.2, -0.15) is 0 Å². The number of hydrogen-bond donors (Lipinski definition) is 3. The third-order valence-corrected chi connectivity index (χ3v) is 2.90. The summed E-state index contributed by atoms with van der Waals surface area (Å²) in [6.45, 7) is 0.750. The average molecular weight is 295 g/mol. The van der Waals surface area contributed by atoms with Gasteiger partial charge in [-0.05, 0) is 11.6 Å². The summed E-state index contributed by atoms with van der Waals surface area (Å²) in [5.41, 5.74) is 13.0. The fourth-order valence-corrected chi connectivity index (χ4v) is 1.79. The fourth-order valence-electron chi connectivity index (χ4n) is 1.79. The van der Waals surface area contributed by atoms with Crippen LogP contribution < -0.4 is 16.2 Å². The van der Waals surface area contributed by atoms with Crippen LogP contribution in [0.1, 0.15) is 17.2 Å². The van der Waals surface area contributed by atoms with Gasteiger partial charge in [0.1, 0.15) is 18.1 Å². The summed E-state index contributed by atoms with van der Waals surface area (Å²) >= 11 is 0. The molecule has 0 unspecified atom stereocenters. The lowest BCUT2D eigenvalue weighted by Crippen LogP contribution is -2.20. The molecule has 0 spiro atoms. The number of phenolic OH excluding ortho intramolecular Hbond substituents is 1. The first-order chi connectivity index (χ1) is 9.20. The Kier molecular flexibility index (Phi) is 6.31. The zero-order chi connectivity index (χ0) is 13.7. The summed E-state index contributed by atoms with van der Waals surface area (Å²) in [4.78, 5) is 0. The Labute approximate surface area is 124 Å². The standard InChI is InChI=1S/C15H18N2O2.ClH/c16-9-14(17)13-7-6-12(8-15(13)18)19-10-11-4-2-1-3-5-11;/h1-8,14,18H,9-10,16-17H2;1H/t14-;/m1./s1. The predicted octanol–water partition coefficient (Wildman–Crippen LogP) is 2.35. The average Bonchev–Trinajstić information content (AvgIpc) is 2.45. The van der Waals surface area contributed by atoms with E-state index >= 15 is 0 Å². The summed E-state index contributed by atoms with van der Waals surface area (Å²) in [7, 11) is 0. The van der Waals surface area contributed by atoms with Gasteiger partial charge >= 0.3 is 0 Å². The highest BCUT2D eigenvalue weighted by atomic mass is 35.5. The Morgan fingerprint density at radius 1 is 1.10 bits per heavy atom. The molecule has 0 bridgehead atoms. The van der Waals surface area contributed by atoms with Crippen molar-refractivity contribution in [2.45, 2.75) is 12.6 Å². The first kappa shape index (κ1) is 16.3. The summed E-state index contributed by atoms with van der Waals surface area (Å²) in [5, 5.41) is 9.87. The smallest absolute Gasteiger partial charge is 0.124 e. The molecule has 2 aromatic carbocycles. The molecule has 0 aliphatic heterocycles. The topological polar surface area (TPSA) is 81.5 Å². The highest BCUT2D eigenvalue weighted by Crippen LogP contribution is 2.27. The molecule has 0 amide bonds. The van der Waals surface area contributed by atoms with Crippen LogP contribution in [-0.2, 0) is 6.61 Å². The number of halogens is 1. The lowest BCUT2D eigenvalue weighted by atomic mass is 10.1. The van der Waals surface area contributed by atoms with E-state index in [1.54, 1.807) is 18.2 Å². The molecule has 5 N–H and O–H groups in total. The van der Waals surface area contributed by atoms with E-state index in [4.69, 9.17) is 16.2 Å². The molecule has 0 saturated carbocycles. The first-order valence-electron chi connectivity index (χ1n) is 6.16. The normalized spacial score (nSPS) is 11.5. The van der Waals surface area contributed by atoms with Gasteiger partial charge in [0.25, 0.3) is 0 Å². The number of hydrogen-bond acceptors (Lipinski definition) is 4. The Morgan fingerprint density at radius 2 is 1.80 bits per heavy atom. The van der Waals surface area contributed by atoms with Crippen LogP contribution in [0.2, 0.25) is 0 Å². The van der Waals surface area contributed by atoms with Crippen molar-refractivity contribution in [1.82, 2.24) is 0 Å². The number of ether oxygens (including phenoxy) is 1. The van der Waals surface area contributed by atoms with E-state index < -0.39 is 0 Å². The van der Waals surface area contributed by atoms with E-state index in [1.807, 2.05) is 30.3 Å². The molecule has 5 heteroatoms. The van der Waals surface area contributed by atoms with Crippen molar-refractivity contribution in [2.24, 2.45) is 11.5 Å². The number of aromatic hydroxyl groups is 1. The van der Waals surface area contributed by atoms with Crippen molar-refractivity contribution in [3.8, 4) is 11.5 Å². The second kappa shape index (κ2) is 7.75. The van der Waals surface area contributed by atoms with Crippen LogP contribution in [0.3, 0.4) is 0 Å². The maximum absolute atomic E-state index is 9.87. The quantitative estimate of drug-likeness (QED) is 0.790.